The zero-order chi connectivity index (χ0) is 10.3. The largest absolute Gasteiger partial charge is 0.305 e. The summed E-state index contributed by atoms with van der Waals surface area (Å²) in [6.07, 6.45) is 5.79. The van der Waals surface area contributed by atoms with E-state index >= 15 is 0 Å². The van der Waals surface area contributed by atoms with Gasteiger partial charge in [-0.2, -0.15) is 0 Å². The lowest BCUT2D eigenvalue weighted by Gasteiger charge is -2.21. The maximum atomic E-state index is 4.26. The second-order valence-electron chi connectivity index (χ2n) is 4.19. The van der Waals surface area contributed by atoms with Crippen LogP contribution in [0.4, 0.5) is 0 Å². The minimum atomic E-state index is -0.0531. The fraction of sp³-hybridized carbons (Fsp3) is 0.500. The van der Waals surface area contributed by atoms with Crippen LogP contribution in [0.1, 0.15) is 25.6 Å². The molecule has 0 amide bonds. The average molecular weight is 203 g/mol. The zero-order valence-electron chi connectivity index (χ0n) is 8.64. The number of aromatic nitrogens is 4. The molecule has 1 aliphatic rings. The maximum Gasteiger partial charge on any atom is 0.163 e. The zero-order valence-corrected chi connectivity index (χ0v) is 8.64. The molecule has 2 aromatic heterocycles. The highest BCUT2D eigenvalue weighted by molar-refractivity contribution is 5.36. The number of hydrogen-bond acceptors (Lipinski definition) is 4. The molecule has 15 heavy (non-hydrogen) atoms. The monoisotopic (exact) mass is 203 g/mol. The summed E-state index contributed by atoms with van der Waals surface area (Å²) in [6.45, 7) is 3.22. The van der Waals surface area contributed by atoms with E-state index in [1.165, 1.54) is 6.42 Å². The van der Waals surface area contributed by atoms with Gasteiger partial charge < -0.3 is 5.32 Å². The average Bonchev–Trinajstić information content (AvgIpc) is 2.84. The molecule has 1 fully saturated rings. The summed E-state index contributed by atoms with van der Waals surface area (Å²) in [4.78, 5) is 4.10. The summed E-state index contributed by atoms with van der Waals surface area (Å²) in [5.74, 6) is 0.961. The molecule has 1 aliphatic heterocycles. The van der Waals surface area contributed by atoms with Gasteiger partial charge >= 0.3 is 0 Å². The van der Waals surface area contributed by atoms with E-state index in [2.05, 4.69) is 27.4 Å². The van der Waals surface area contributed by atoms with Crippen molar-refractivity contribution in [1.82, 2.24) is 24.9 Å². The van der Waals surface area contributed by atoms with Gasteiger partial charge in [0.05, 0.1) is 5.54 Å². The third-order valence-electron chi connectivity index (χ3n) is 3.08. The predicted molar refractivity (Wildman–Crippen MR) is 55.4 cm³/mol. The molecule has 2 aromatic rings. The van der Waals surface area contributed by atoms with Gasteiger partial charge in [-0.15, -0.1) is 10.2 Å². The van der Waals surface area contributed by atoms with Crippen molar-refractivity contribution < 1.29 is 0 Å². The fourth-order valence-electron chi connectivity index (χ4n) is 2.21. The molecule has 0 bridgehead atoms. The topological polar surface area (TPSA) is 55.1 Å². The van der Waals surface area contributed by atoms with Gasteiger partial charge in [0.1, 0.15) is 6.33 Å². The van der Waals surface area contributed by atoms with E-state index in [1.54, 1.807) is 12.5 Å². The number of hydrogen-bond donors (Lipinski definition) is 1. The lowest BCUT2D eigenvalue weighted by molar-refractivity contribution is 0.402. The molecule has 0 aromatic carbocycles. The molecule has 3 heterocycles. The molecule has 3 rings (SSSR count). The second kappa shape index (κ2) is 3.00. The molecule has 1 N–H and O–H groups in total. The number of rotatable bonds is 1. The first-order valence-electron chi connectivity index (χ1n) is 5.20. The third kappa shape index (κ3) is 1.23. The van der Waals surface area contributed by atoms with Crippen LogP contribution in [-0.2, 0) is 5.54 Å². The van der Waals surface area contributed by atoms with Crippen LogP contribution >= 0.6 is 0 Å². The highest BCUT2D eigenvalue weighted by Gasteiger charge is 2.34. The lowest BCUT2D eigenvalue weighted by Crippen LogP contribution is -2.35. The second-order valence-corrected chi connectivity index (χ2v) is 4.19. The van der Waals surface area contributed by atoms with Crippen molar-refractivity contribution in [2.45, 2.75) is 25.3 Å². The Labute approximate surface area is 87.5 Å². The first-order valence-corrected chi connectivity index (χ1v) is 5.20. The first kappa shape index (κ1) is 8.79. The van der Waals surface area contributed by atoms with Gasteiger partial charge in [0.2, 0.25) is 0 Å². The standard InChI is InChI=1S/C10H13N5/c1-10(4-2-5-12-10)9-14-13-8-3-6-11-7-15(8)9/h3,6-7,12H,2,4-5H2,1H3. The number of nitrogens with one attached hydrogen (secondary N) is 1. The van der Waals surface area contributed by atoms with Crippen molar-refractivity contribution in [3.8, 4) is 0 Å². The molecule has 5 heteroatoms. The van der Waals surface area contributed by atoms with Gasteiger partial charge in [-0.05, 0) is 26.3 Å². The SMILES string of the molecule is CC1(c2nnc3ccncn23)CCCN1. The molecular formula is C10H13N5. The van der Waals surface area contributed by atoms with Gasteiger partial charge in [0.25, 0.3) is 0 Å². The predicted octanol–water partition coefficient (Wildman–Crippen LogP) is 0.723. The molecular weight excluding hydrogens is 190 g/mol. The van der Waals surface area contributed by atoms with E-state index in [-0.39, 0.29) is 5.54 Å². The highest BCUT2D eigenvalue weighted by atomic mass is 15.3. The quantitative estimate of drug-likeness (QED) is 0.742. The van der Waals surface area contributed by atoms with Gasteiger partial charge in [-0.1, -0.05) is 0 Å². The van der Waals surface area contributed by atoms with Crippen molar-refractivity contribution in [1.29, 1.82) is 0 Å². The van der Waals surface area contributed by atoms with Crippen molar-refractivity contribution in [2.75, 3.05) is 6.54 Å². The first-order chi connectivity index (χ1) is 7.30. The van der Waals surface area contributed by atoms with Crippen molar-refractivity contribution in [3.63, 3.8) is 0 Å². The Bertz CT molecular complexity index is 483. The van der Waals surface area contributed by atoms with Crippen LogP contribution in [0.2, 0.25) is 0 Å². The Morgan fingerprint density at radius 1 is 1.47 bits per heavy atom. The van der Waals surface area contributed by atoms with Crippen LogP contribution in [0.3, 0.4) is 0 Å². The Kier molecular flexibility index (Phi) is 1.76. The summed E-state index contributed by atoms with van der Waals surface area (Å²) in [5.41, 5.74) is 0.803. The molecule has 0 radical (unpaired) electrons. The molecule has 1 atom stereocenters. The normalized spacial score (nSPS) is 26.2. The van der Waals surface area contributed by atoms with E-state index in [9.17, 15) is 0 Å². The van der Waals surface area contributed by atoms with E-state index < -0.39 is 0 Å². The minimum Gasteiger partial charge on any atom is -0.305 e. The molecule has 1 saturated heterocycles. The van der Waals surface area contributed by atoms with Crippen LogP contribution in [0.25, 0.3) is 5.65 Å². The van der Waals surface area contributed by atoms with Gasteiger partial charge in [0.15, 0.2) is 11.5 Å². The van der Waals surface area contributed by atoms with Crippen molar-refractivity contribution >= 4 is 5.65 Å². The van der Waals surface area contributed by atoms with E-state index in [1.807, 2.05) is 10.5 Å². The molecule has 0 spiro atoms. The summed E-state index contributed by atoms with van der Waals surface area (Å²) < 4.78 is 1.96. The molecule has 0 aliphatic carbocycles. The van der Waals surface area contributed by atoms with E-state index in [0.717, 1.165) is 24.4 Å². The van der Waals surface area contributed by atoms with Gasteiger partial charge in [-0.25, -0.2) is 4.98 Å². The lowest BCUT2D eigenvalue weighted by atomic mass is 10.00. The Morgan fingerprint density at radius 3 is 3.20 bits per heavy atom. The van der Waals surface area contributed by atoms with Crippen LogP contribution in [0, 0.1) is 0 Å². The van der Waals surface area contributed by atoms with Crippen molar-refractivity contribution in [2.24, 2.45) is 0 Å². The molecule has 1 unspecified atom stereocenters. The number of fused-ring (bicyclic) bond motifs is 1. The van der Waals surface area contributed by atoms with Crippen molar-refractivity contribution in [3.05, 3.63) is 24.4 Å². The summed E-state index contributed by atoms with van der Waals surface area (Å²) in [6, 6.07) is 1.87. The van der Waals surface area contributed by atoms with E-state index in [0.29, 0.717) is 0 Å². The Morgan fingerprint density at radius 2 is 2.40 bits per heavy atom. The van der Waals surface area contributed by atoms with Crippen LogP contribution in [-0.4, -0.2) is 26.1 Å². The summed E-state index contributed by atoms with van der Waals surface area (Å²) in [7, 11) is 0. The Balaban J connectivity index is 2.18. The Hall–Kier alpha value is -1.49. The van der Waals surface area contributed by atoms with E-state index in [4.69, 9.17) is 0 Å². The van der Waals surface area contributed by atoms with Gasteiger partial charge in [-0.3, -0.25) is 4.40 Å². The maximum absolute atomic E-state index is 4.26. The van der Waals surface area contributed by atoms with Crippen LogP contribution in [0.15, 0.2) is 18.6 Å². The smallest absolute Gasteiger partial charge is 0.163 e. The number of nitrogens with zero attached hydrogens (tertiary/aromatic N) is 4. The fourth-order valence-corrected chi connectivity index (χ4v) is 2.21. The molecule has 78 valence electrons. The summed E-state index contributed by atoms with van der Waals surface area (Å²) >= 11 is 0. The highest BCUT2D eigenvalue weighted by Crippen LogP contribution is 2.28. The summed E-state index contributed by atoms with van der Waals surface area (Å²) in [5, 5.41) is 11.9. The van der Waals surface area contributed by atoms with Crippen LogP contribution in [0.5, 0.6) is 0 Å². The molecule has 5 nitrogen and oxygen atoms in total. The van der Waals surface area contributed by atoms with Crippen LogP contribution < -0.4 is 5.32 Å². The van der Waals surface area contributed by atoms with Gasteiger partial charge in [0, 0.05) is 12.3 Å². The molecule has 0 saturated carbocycles. The minimum absolute atomic E-state index is 0.0531. The third-order valence-corrected chi connectivity index (χ3v) is 3.08.